The summed E-state index contributed by atoms with van der Waals surface area (Å²) in [6.07, 6.45) is 2.95. The highest BCUT2D eigenvalue weighted by atomic mass is 35.5. The Balaban J connectivity index is 2.11. The summed E-state index contributed by atoms with van der Waals surface area (Å²) in [7, 11) is 1.45. The van der Waals surface area contributed by atoms with Gasteiger partial charge in [-0.05, 0) is 36.8 Å². The van der Waals surface area contributed by atoms with Gasteiger partial charge in [-0.25, -0.2) is 0 Å². The van der Waals surface area contributed by atoms with Crippen LogP contribution in [0.4, 0.5) is 0 Å². The Kier molecular flexibility index (Phi) is 3.49. The van der Waals surface area contributed by atoms with Gasteiger partial charge in [0.25, 0.3) is 0 Å². The third-order valence-electron chi connectivity index (χ3n) is 3.09. The van der Waals surface area contributed by atoms with E-state index in [0.717, 1.165) is 23.4 Å². The van der Waals surface area contributed by atoms with E-state index >= 15 is 0 Å². The van der Waals surface area contributed by atoms with E-state index in [1.807, 2.05) is 24.3 Å². The van der Waals surface area contributed by atoms with E-state index in [9.17, 15) is 4.79 Å². The van der Waals surface area contributed by atoms with Gasteiger partial charge < -0.3 is 4.74 Å². The number of carbonyl (C=O) groups is 1. The molecule has 0 saturated heterocycles. The number of rotatable bonds is 4. The second-order valence-corrected chi connectivity index (χ2v) is 4.67. The minimum absolute atomic E-state index is 0.0232. The zero-order valence-electron chi connectivity index (χ0n) is 9.28. The number of hydrogen-bond donors (Lipinski definition) is 0. The van der Waals surface area contributed by atoms with Gasteiger partial charge in [0.2, 0.25) is 0 Å². The molecule has 0 radical (unpaired) electrons. The minimum atomic E-state index is -0.109. The fourth-order valence-corrected chi connectivity index (χ4v) is 2.21. The summed E-state index contributed by atoms with van der Waals surface area (Å²) in [5.41, 5.74) is 1.03. The maximum Gasteiger partial charge on any atom is 0.309 e. The Bertz CT molecular complexity index is 385. The van der Waals surface area contributed by atoms with Gasteiger partial charge in [-0.3, -0.25) is 4.79 Å². The Hall–Kier alpha value is -1.02. The highest BCUT2D eigenvalue weighted by Crippen LogP contribution is 2.39. The Morgan fingerprint density at radius 1 is 1.50 bits per heavy atom. The molecule has 86 valence electrons. The summed E-state index contributed by atoms with van der Waals surface area (Å²) in [6.45, 7) is 0. The summed E-state index contributed by atoms with van der Waals surface area (Å²) in [6, 6.07) is 7.68. The molecular weight excluding hydrogens is 224 g/mol. The quantitative estimate of drug-likeness (QED) is 0.754. The first-order valence-corrected chi connectivity index (χ1v) is 5.91. The predicted octanol–water partition coefficient (Wildman–Crippen LogP) is 3.08. The van der Waals surface area contributed by atoms with Gasteiger partial charge in [0.05, 0.1) is 13.0 Å². The minimum Gasteiger partial charge on any atom is -0.469 e. The highest BCUT2D eigenvalue weighted by Gasteiger charge is 2.37. The van der Waals surface area contributed by atoms with E-state index in [2.05, 4.69) is 0 Å². The van der Waals surface area contributed by atoms with Crippen LogP contribution >= 0.6 is 11.6 Å². The molecule has 1 fully saturated rings. The van der Waals surface area contributed by atoms with Gasteiger partial charge in [-0.2, -0.15) is 0 Å². The zero-order valence-corrected chi connectivity index (χ0v) is 10.0. The normalized spacial score (nSPS) is 16.9. The van der Waals surface area contributed by atoms with Gasteiger partial charge in [0.1, 0.15) is 0 Å². The zero-order chi connectivity index (χ0) is 11.5. The van der Waals surface area contributed by atoms with Crippen LogP contribution in [0.25, 0.3) is 0 Å². The third-order valence-corrected chi connectivity index (χ3v) is 3.46. The van der Waals surface area contributed by atoms with Crippen molar-refractivity contribution in [2.75, 3.05) is 7.11 Å². The van der Waals surface area contributed by atoms with Gasteiger partial charge in [-0.1, -0.05) is 29.8 Å². The topological polar surface area (TPSA) is 26.3 Å². The molecule has 0 amide bonds. The molecule has 0 N–H and O–H groups in total. The molecule has 0 bridgehead atoms. The van der Waals surface area contributed by atoms with Crippen LogP contribution in [-0.2, 0) is 16.0 Å². The molecule has 2 nitrogen and oxygen atoms in total. The Morgan fingerprint density at radius 3 is 2.75 bits per heavy atom. The van der Waals surface area contributed by atoms with Crippen LogP contribution in [0, 0.1) is 11.8 Å². The van der Waals surface area contributed by atoms with E-state index in [1.54, 1.807) is 0 Å². The molecule has 1 atom stereocenters. The number of hydrogen-bond acceptors (Lipinski definition) is 2. The second kappa shape index (κ2) is 4.88. The van der Waals surface area contributed by atoms with Crippen molar-refractivity contribution in [3.63, 3.8) is 0 Å². The van der Waals surface area contributed by atoms with Crippen LogP contribution < -0.4 is 0 Å². The van der Waals surface area contributed by atoms with Crippen LogP contribution in [0.3, 0.4) is 0 Å². The van der Waals surface area contributed by atoms with E-state index in [0.29, 0.717) is 12.3 Å². The lowest BCUT2D eigenvalue weighted by Gasteiger charge is -2.14. The highest BCUT2D eigenvalue weighted by molar-refractivity contribution is 6.31. The molecule has 0 aromatic heterocycles. The molecule has 0 aliphatic heterocycles. The number of benzene rings is 1. The Morgan fingerprint density at radius 2 is 2.19 bits per heavy atom. The third kappa shape index (κ3) is 2.56. The van der Waals surface area contributed by atoms with Crippen LogP contribution in [0.1, 0.15) is 18.4 Å². The van der Waals surface area contributed by atoms with Crippen molar-refractivity contribution in [3.05, 3.63) is 34.9 Å². The van der Waals surface area contributed by atoms with Crippen molar-refractivity contribution in [3.8, 4) is 0 Å². The van der Waals surface area contributed by atoms with Crippen LogP contribution in [0.5, 0.6) is 0 Å². The first kappa shape index (κ1) is 11.5. The van der Waals surface area contributed by atoms with Gasteiger partial charge >= 0.3 is 5.97 Å². The molecule has 1 aromatic carbocycles. The van der Waals surface area contributed by atoms with Crippen molar-refractivity contribution in [2.45, 2.75) is 19.3 Å². The van der Waals surface area contributed by atoms with Crippen molar-refractivity contribution < 1.29 is 9.53 Å². The van der Waals surface area contributed by atoms with Crippen molar-refractivity contribution in [1.29, 1.82) is 0 Å². The van der Waals surface area contributed by atoms with E-state index in [-0.39, 0.29) is 11.9 Å². The lowest BCUT2D eigenvalue weighted by atomic mass is 9.95. The summed E-state index contributed by atoms with van der Waals surface area (Å²) >= 11 is 6.09. The van der Waals surface area contributed by atoms with Gasteiger partial charge in [0, 0.05) is 5.02 Å². The molecule has 16 heavy (non-hydrogen) atoms. The number of ether oxygens (including phenoxy) is 1. The molecule has 1 unspecified atom stereocenters. The summed E-state index contributed by atoms with van der Waals surface area (Å²) < 4.78 is 4.84. The van der Waals surface area contributed by atoms with Crippen LogP contribution in [-0.4, -0.2) is 13.1 Å². The summed E-state index contributed by atoms with van der Waals surface area (Å²) in [5.74, 6) is 0.357. The maximum atomic E-state index is 11.6. The summed E-state index contributed by atoms with van der Waals surface area (Å²) in [4.78, 5) is 11.6. The maximum absolute atomic E-state index is 11.6. The van der Waals surface area contributed by atoms with Gasteiger partial charge in [0.15, 0.2) is 0 Å². The largest absolute Gasteiger partial charge is 0.469 e. The van der Waals surface area contributed by atoms with Crippen molar-refractivity contribution >= 4 is 17.6 Å². The molecule has 1 aromatic rings. The van der Waals surface area contributed by atoms with E-state index in [1.165, 1.54) is 7.11 Å². The first-order valence-electron chi connectivity index (χ1n) is 5.53. The molecule has 1 saturated carbocycles. The average molecular weight is 239 g/mol. The number of halogens is 1. The van der Waals surface area contributed by atoms with Gasteiger partial charge in [-0.15, -0.1) is 0 Å². The molecule has 1 aliphatic carbocycles. The summed E-state index contributed by atoms with van der Waals surface area (Å²) in [5, 5.41) is 0.733. The molecule has 0 heterocycles. The van der Waals surface area contributed by atoms with Crippen molar-refractivity contribution in [2.24, 2.45) is 11.8 Å². The fraction of sp³-hybridized carbons (Fsp3) is 0.462. The molecule has 1 aliphatic rings. The molecular formula is C13H15ClO2. The first-order chi connectivity index (χ1) is 7.72. The lowest BCUT2D eigenvalue weighted by molar-refractivity contribution is -0.146. The fourth-order valence-electron chi connectivity index (χ4n) is 1.99. The van der Waals surface area contributed by atoms with Crippen LogP contribution in [0.15, 0.2) is 24.3 Å². The standard InChI is InChI=1S/C13H15ClO2/c1-16-13(15)11(9-6-7-9)8-10-4-2-3-5-12(10)14/h2-5,9,11H,6-8H2,1H3. The van der Waals surface area contributed by atoms with E-state index < -0.39 is 0 Å². The van der Waals surface area contributed by atoms with E-state index in [4.69, 9.17) is 16.3 Å². The average Bonchev–Trinajstić information content (AvgIpc) is 3.11. The Labute approximate surface area is 101 Å². The second-order valence-electron chi connectivity index (χ2n) is 4.26. The predicted molar refractivity (Wildman–Crippen MR) is 63.4 cm³/mol. The number of methoxy groups -OCH3 is 1. The smallest absolute Gasteiger partial charge is 0.309 e. The number of esters is 1. The molecule has 2 rings (SSSR count). The monoisotopic (exact) mass is 238 g/mol. The molecule has 3 heteroatoms. The number of carbonyl (C=O) groups excluding carboxylic acids is 1. The van der Waals surface area contributed by atoms with Crippen LogP contribution in [0.2, 0.25) is 5.02 Å². The van der Waals surface area contributed by atoms with Crippen molar-refractivity contribution in [1.82, 2.24) is 0 Å². The SMILES string of the molecule is COC(=O)C(Cc1ccccc1Cl)C1CC1. The molecule has 0 spiro atoms. The lowest BCUT2D eigenvalue weighted by Crippen LogP contribution is -2.20.